The van der Waals surface area contributed by atoms with Crippen LogP contribution in [0.1, 0.15) is 27.7 Å². The van der Waals surface area contributed by atoms with Gasteiger partial charge in [0.15, 0.2) is 0 Å². The van der Waals surface area contributed by atoms with E-state index in [0.717, 1.165) is 0 Å². The average Bonchev–Trinajstić information content (AvgIpc) is 1.96. The van der Waals surface area contributed by atoms with Crippen LogP contribution >= 0.6 is 0 Å². The maximum Gasteiger partial charge on any atom is 0.269 e. The Kier molecular flexibility index (Phi) is 6.34. The molecule has 0 atom stereocenters. The second kappa shape index (κ2) is 6.40. The highest BCUT2D eigenvalue weighted by Crippen LogP contribution is 2.00. The molecular weight excluding hydrogens is 156 g/mol. The van der Waals surface area contributed by atoms with Crippen LogP contribution in [0.25, 0.3) is 0 Å². The fourth-order valence-electron chi connectivity index (χ4n) is 0.598. The van der Waals surface area contributed by atoms with Gasteiger partial charge in [-0.2, -0.15) is 0 Å². The molecule has 0 aliphatic heterocycles. The number of aliphatic hydroxyl groups is 1. The summed E-state index contributed by atoms with van der Waals surface area (Å²) in [6.07, 6.45) is 0. The molecule has 0 amide bonds. The van der Waals surface area contributed by atoms with E-state index in [1.165, 1.54) is 0 Å². The highest BCUT2D eigenvalue weighted by Gasteiger charge is 2.05. The van der Waals surface area contributed by atoms with Crippen molar-refractivity contribution < 1.29 is 14.6 Å². The molecular formula is C9H20O3. The molecule has 0 rings (SSSR count). The van der Waals surface area contributed by atoms with Gasteiger partial charge in [0.25, 0.3) is 6.48 Å². The SMILES string of the molecule is CC(C)COC(O)OCC(C)C. The van der Waals surface area contributed by atoms with Crippen molar-refractivity contribution in [2.24, 2.45) is 11.8 Å². The standard InChI is InChI=1S/C9H20O3/c1-7(2)5-11-9(10)12-6-8(3)4/h7-10H,5-6H2,1-4H3. The van der Waals surface area contributed by atoms with Crippen molar-refractivity contribution in [2.45, 2.75) is 34.2 Å². The van der Waals surface area contributed by atoms with E-state index in [0.29, 0.717) is 25.0 Å². The highest BCUT2D eigenvalue weighted by atomic mass is 16.8. The minimum Gasteiger partial charge on any atom is -0.346 e. The maximum absolute atomic E-state index is 9.10. The lowest BCUT2D eigenvalue weighted by molar-refractivity contribution is -0.269. The topological polar surface area (TPSA) is 38.7 Å². The number of rotatable bonds is 6. The van der Waals surface area contributed by atoms with Crippen LogP contribution in [-0.4, -0.2) is 24.8 Å². The van der Waals surface area contributed by atoms with Gasteiger partial charge in [0.1, 0.15) is 0 Å². The molecule has 0 aliphatic carbocycles. The molecule has 0 aromatic carbocycles. The molecule has 74 valence electrons. The average molecular weight is 176 g/mol. The summed E-state index contributed by atoms with van der Waals surface area (Å²) in [6.45, 7) is 8.09. The lowest BCUT2D eigenvalue weighted by Crippen LogP contribution is -2.21. The van der Waals surface area contributed by atoms with E-state index in [9.17, 15) is 0 Å². The van der Waals surface area contributed by atoms with Gasteiger partial charge in [-0.05, 0) is 11.8 Å². The van der Waals surface area contributed by atoms with Gasteiger partial charge in [0, 0.05) is 0 Å². The van der Waals surface area contributed by atoms with Crippen molar-refractivity contribution in [1.82, 2.24) is 0 Å². The van der Waals surface area contributed by atoms with Crippen molar-refractivity contribution in [3.05, 3.63) is 0 Å². The molecule has 0 fully saturated rings. The third-order valence-electron chi connectivity index (χ3n) is 1.14. The molecule has 0 aliphatic rings. The molecule has 0 saturated carbocycles. The van der Waals surface area contributed by atoms with Crippen molar-refractivity contribution in [1.29, 1.82) is 0 Å². The van der Waals surface area contributed by atoms with Gasteiger partial charge in [-0.25, -0.2) is 0 Å². The monoisotopic (exact) mass is 176 g/mol. The minimum atomic E-state index is -1.06. The van der Waals surface area contributed by atoms with E-state index < -0.39 is 6.48 Å². The zero-order chi connectivity index (χ0) is 9.56. The quantitative estimate of drug-likeness (QED) is 0.625. The molecule has 1 N–H and O–H groups in total. The summed E-state index contributed by atoms with van der Waals surface area (Å²) in [5, 5.41) is 9.10. The summed E-state index contributed by atoms with van der Waals surface area (Å²) in [6, 6.07) is 0. The van der Waals surface area contributed by atoms with Gasteiger partial charge in [0.05, 0.1) is 13.2 Å². The third-order valence-corrected chi connectivity index (χ3v) is 1.14. The Morgan fingerprint density at radius 2 is 1.25 bits per heavy atom. The van der Waals surface area contributed by atoms with Gasteiger partial charge >= 0.3 is 0 Å². The Balaban J connectivity index is 3.27. The van der Waals surface area contributed by atoms with Gasteiger partial charge in [-0.15, -0.1) is 0 Å². The molecule has 0 aromatic rings. The number of hydrogen-bond acceptors (Lipinski definition) is 3. The zero-order valence-electron chi connectivity index (χ0n) is 8.41. The van der Waals surface area contributed by atoms with Crippen LogP contribution in [0.3, 0.4) is 0 Å². The summed E-state index contributed by atoms with van der Waals surface area (Å²) >= 11 is 0. The van der Waals surface area contributed by atoms with Crippen molar-refractivity contribution in [2.75, 3.05) is 13.2 Å². The molecule has 0 aromatic heterocycles. The summed E-state index contributed by atoms with van der Waals surface area (Å²) in [5.74, 6) is 0.838. The number of hydrogen-bond donors (Lipinski definition) is 1. The maximum atomic E-state index is 9.10. The molecule has 0 unspecified atom stereocenters. The van der Waals surface area contributed by atoms with E-state index in [4.69, 9.17) is 14.6 Å². The molecule has 3 heteroatoms. The van der Waals surface area contributed by atoms with Crippen molar-refractivity contribution >= 4 is 0 Å². The lowest BCUT2D eigenvalue weighted by atomic mass is 10.2. The molecule has 12 heavy (non-hydrogen) atoms. The predicted octanol–water partition coefficient (Wildman–Crippen LogP) is 1.61. The van der Waals surface area contributed by atoms with Crippen LogP contribution in [0.4, 0.5) is 0 Å². The van der Waals surface area contributed by atoms with E-state index in [-0.39, 0.29) is 0 Å². The van der Waals surface area contributed by atoms with Gasteiger partial charge in [-0.3, -0.25) is 0 Å². The largest absolute Gasteiger partial charge is 0.346 e. The molecule has 0 heterocycles. The first-order valence-electron chi connectivity index (χ1n) is 4.43. The number of ether oxygens (including phenoxy) is 2. The Labute approximate surface area is 74.7 Å². The molecule has 0 saturated heterocycles. The highest BCUT2D eigenvalue weighted by molar-refractivity contribution is 4.40. The normalized spacial score (nSPS) is 12.0. The fourth-order valence-corrected chi connectivity index (χ4v) is 0.598. The first-order valence-corrected chi connectivity index (χ1v) is 4.43. The van der Waals surface area contributed by atoms with Gasteiger partial charge in [0.2, 0.25) is 0 Å². The van der Waals surface area contributed by atoms with Crippen LogP contribution in [0.5, 0.6) is 0 Å². The fraction of sp³-hybridized carbons (Fsp3) is 1.00. The number of aliphatic hydroxyl groups excluding tert-OH is 1. The van der Waals surface area contributed by atoms with Crippen molar-refractivity contribution in [3.8, 4) is 0 Å². The Hall–Kier alpha value is -0.120. The summed E-state index contributed by atoms with van der Waals surface area (Å²) in [7, 11) is 0. The van der Waals surface area contributed by atoms with Crippen LogP contribution < -0.4 is 0 Å². The Morgan fingerprint density at radius 1 is 0.917 bits per heavy atom. The zero-order valence-corrected chi connectivity index (χ0v) is 8.41. The van der Waals surface area contributed by atoms with E-state index in [1.54, 1.807) is 0 Å². The third kappa shape index (κ3) is 7.98. The van der Waals surface area contributed by atoms with Crippen molar-refractivity contribution in [3.63, 3.8) is 0 Å². The van der Waals surface area contributed by atoms with E-state index >= 15 is 0 Å². The second-order valence-corrected chi connectivity index (χ2v) is 3.76. The first-order chi connectivity index (χ1) is 5.52. The Morgan fingerprint density at radius 3 is 1.50 bits per heavy atom. The van der Waals surface area contributed by atoms with E-state index in [2.05, 4.69) is 0 Å². The van der Waals surface area contributed by atoms with Crippen LogP contribution in [0.15, 0.2) is 0 Å². The molecule has 0 spiro atoms. The second-order valence-electron chi connectivity index (χ2n) is 3.76. The molecule has 0 radical (unpaired) electrons. The summed E-state index contributed by atoms with van der Waals surface area (Å²) in [5.41, 5.74) is 0. The minimum absolute atomic E-state index is 0.419. The Bertz CT molecular complexity index is 89.9. The summed E-state index contributed by atoms with van der Waals surface area (Å²) in [4.78, 5) is 0. The van der Waals surface area contributed by atoms with Gasteiger partial charge < -0.3 is 14.6 Å². The lowest BCUT2D eigenvalue weighted by Gasteiger charge is -2.15. The molecule has 3 nitrogen and oxygen atoms in total. The van der Waals surface area contributed by atoms with E-state index in [1.807, 2.05) is 27.7 Å². The van der Waals surface area contributed by atoms with Crippen LogP contribution in [-0.2, 0) is 9.47 Å². The van der Waals surface area contributed by atoms with Crippen LogP contribution in [0.2, 0.25) is 0 Å². The predicted molar refractivity (Wildman–Crippen MR) is 47.6 cm³/mol. The first kappa shape index (κ1) is 11.9. The smallest absolute Gasteiger partial charge is 0.269 e. The van der Waals surface area contributed by atoms with Crippen LogP contribution in [0, 0.1) is 11.8 Å². The summed E-state index contributed by atoms with van der Waals surface area (Å²) < 4.78 is 9.97. The van der Waals surface area contributed by atoms with Gasteiger partial charge in [-0.1, -0.05) is 27.7 Å². The molecule has 0 bridgehead atoms.